The van der Waals surface area contributed by atoms with E-state index in [1.165, 1.54) is 17.0 Å². The van der Waals surface area contributed by atoms with Crippen LogP contribution in [-0.4, -0.2) is 31.8 Å². The van der Waals surface area contributed by atoms with Gasteiger partial charge >= 0.3 is 0 Å². The van der Waals surface area contributed by atoms with Crippen LogP contribution in [0.3, 0.4) is 0 Å². The molecule has 1 aliphatic heterocycles. The number of carbonyl (C=O) groups is 3. The Morgan fingerprint density at radius 2 is 1.74 bits per heavy atom. The number of halogens is 2. The number of amides is 2. The highest BCUT2D eigenvalue weighted by molar-refractivity contribution is 6.42. The van der Waals surface area contributed by atoms with E-state index in [4.69, 9.17) is 27.9 Å². The van der Waals surface area contributed by atoms with Crippen LogP contribution in [0.25, 0.3) is 6.08 Å². The highest BCUT2D eigenvalue weighted by Crippen LogP contribution is 2.32. The minimum absolute atomic E-state index is 0.0239. The number of hydrogen-bond donors (Lipinski definition) is 1. The molecule has 8 heteroatoms. The Kier molecular flexibility index (Phi) is 6.72. The van der Waals surface area contributed by atoms with E-state index < -0.39 is 11.7 Å². The highest BCUT2D eigenvalue weighted by atomic mass is 35.5. The third kappa shape index (κ3) is 4.69. The molecule has 0 fully saturated rings. The molecule has 172 valence electrons. The number of likely N-dealkylation sites (N-methyl/N-ethyl adjacent to an activating group) is 1. The second-order valence-electron chi connectivity index (χ2n) is 7.69. The highest BCUT2D eigenvalue weighted by Gasteiger charge is 2.33. The van der Waals surface area contributed by atoms with Crippen molar-refractivity contribution in [1.82, 2.24) is 5.32 Å². The lowest BCUT2D eigenvalue weighted by Gasteiger charge is -2.27. The first kappa shape index (κ1) is 23.5. The van der Waals surface area contributed by atoms with Crippen molar-refractivity contribution in [3.63, 3.8) is 0 Å². The molecule has 4 rings (SSSR count). The number of fused-ring (bicyclic) bond motifs is 1. The van der Waals surface area contributed by atoms with Gasteiger partial charge in [0.05, 0.1) is 28.4 Å². The third-order valence-electron chi connectivity index (χ3n) is 5.51. The SMILES string of the molecule is COc1ccc(CNC(=O)c2ccc3c(c2)C(=O)/C(=C/c2ccc(Cl)c(Cl)c2)C(=O)N3C)cc1. The van der Waals surface area contributed by atoms with Gasteiger partial charge < -0.3 is 15.0 Å². The van der Waals surface area contributed by atoms with Crippen molar-refractivity contribution in [1.29, 1.82) is 0 Å². The van der Waals surface area contributed by atoms with E-state index in [0.29, 0.717) is 33.4 Å². The zero-order valence-electron chi connectivity index (χ0n) is 18.4. The van der Waals surface area contributed by atoms with Gasteiger partial charge in [-0.1, -0.05) is 41.4 Å². The number of methoxy groups -OCH3 is 1. The van der Waals surface area contributed by atoms with Crippen molar-refractivity contribution < 1.29 is 19.1 Å². The van der Waals surface area contributed by atoms with Crippen LogP contribution in [0.15, 0.2) is 66.2 Å². The van der Waals surface area contributed by atoms with Gasteiger partial charge in [0.25, 0.3) is 11.8 Å². The van der Waals surface area contributed by atoms with Crippen LogP contribution in [0.1, 0.15) is 31.8 Å². The number of ether oxygens (including phenoxy) is 1. The molecule has 0 spiro atoms. The van der Waals surface area contributed by atoms with Gasteiger partial charge in [-0.3, -0.25) is 14.4 Å². The Bertz CT molecular complexity index is 1330. The number of rotatable bonds is 5. The molecule has 1 aliphatic rings. The van der Waals surface area contributed by atoms with Crippen molar-refractivity contribution in [2.75, 3.05) is 19.1 Å². The van der Waals surface area contributed by atoms with Gasteiger partial charge in [-0.25, -0.2) is 0 Å². The largest absolute Gasteiger partial charge is 0.497 e. The van der Waals surface area contributed by atoms with Crippen molar-refractivity contribution >= 4 is 52.6 Å². The Hall–Kier alpha value is -3.61. The molecule has 0 saturated carbocycles. The van der Waals surface area contributed by atoms with Crippen LogP contribution in [0, 0.1) is 0 Å². The summed E-state index contributed by atoms with van der Waals surface area (Å²) in [4.78, 5) is 40.2. The molecular formula is C26H20Cl2N2O4. The molecule has 0 radical (unpaired) electrons. The Balaban J connectivity index is 1.59. The minimum Gasteiger partial charge on any atom is -0.497 e. The average Bonchev–Trinajstić information content (AvgIpc) is 2.85. The normalized spacial score (nSPS) is 14.2. The topological polar surface area (TPSA) is 75.7 Å². The maximum atomic E-state index is 13.2. The quantitative estimate of drug-likeness (QED) is 0.391. The zero-order valence-corrected chi connectivity index (χ0v) is 19.9. The third-order valence-corrected chi connectivity index (χ3v) is 6.25. The summed E-state index contributed by atoms with van der Waals surface area (Å²) >= 11 is 12.0. The molecule has 0 bridgehead atoms. The molecule has 0 atom stereocenters. The van der Waals surface area contributed by atoms with Gasteiger partial charge in [0, 0.05) is 24.7 Å². The molecule has 0 aliphatic carbocycles. The van der Waals surface area contributed by atoms with Gasteiger partial charge in [0.1, 0.15) is 5.75 Å². The Morgan fingerprint density at radius 1 is 1.00 bits per heavy atom. The molecule has 2 amide bonds. The molecule has 3 aromatic rings. The second-order valence-corrected chi connectivity index (χ2v) is 8.50. The molecule has 6 nitrogen and oxygen atoms in total. The number of benzene rings is 3. The van der Waals surface area contributed by atoms with Crippen molar-refractivity contribution in [3.8, 4) is 5.75 Å². The van der Waals surface area contributed by atoms with Crippen LogP contribution < -0.4 is 15.0 Å². The number of ketones is 1. The van der Waals surface area contributed by atoms with Crippen molar-refractivity contribution in [3.05, 3.63) is 98.5 Å². The molecule has 1 N–H and O–H groups in total. The molecule has 1 heterocycles. The van der Waals surface area contributed by atoms with Crippen LogP contribution in [0.5, 0.6) is 5.75 Å². The number of anilines is 1. The van der Waals surface area contributed by atoms with Gasteiger partial charge in [-0.05, 0) is 59.7 Å². The maximum absolute atomic E-state index is 13.2. The van der Waals surface area contributed by atoms with E-state index in [0.717, 1.165) is 11.3 Å². The summed E-state index contributed by atoms with van der Waals surface area (Å²) in [6.07, 6.45) is 1.47. The zero-order chi connectivity index (χ0) is 24.4. The first-order chi connectivity index (χ1) is 16.3. The molecular weight excluding hydrogens is 475 g/mol. The fourth-order valence-corrected chi connectivity index (χ4v) is 3.91. The van der Waals surface area contributed by atoms with Crippen LogP contribution >= 0.6 is 23.2 Å². The number of carbonyl (C=O) groups excluding carboxylic acids is 3. The standard InChI is InChI=1S/C26H20Cl2N2O4/c1-30-23-10-6-17(25(32)29-14-15-3-7-18(34-2)8-4-15)13-19(23)24(31)20(26(30)33)11-16-5-9-21(27)22(28)12-16/h3-13H,14H2,1-2H3,(H,29,32)/b20-11-. The summed E-state index contributed by atoms with van der Waals surface area (Å²) in [5.74, 6) is -0.512. The lowest BCUT2D eigenvalue weighted by molar-refractivity contribution is -0.114. The van der Waals surface area contributed by atoms with E-state index in [-0.39, 0.29) is 17.0 Å². The Morgan fingerprint density at radius 3 is 2.41 bits per heavy atom. The molecule has 0 saturated heterocycles. The average molecular weight is 495 g/mol. The van der Waals surface area contributed by atoms with Crippen LogP contribution in [0.4, 0.5) is 5.69 Å². The van der Waals surface area contributed by atoms with Gasteiger partial charge in [-0.15, -0.1) is 0 Å². The summed E-state index contributed by atoms with van der Waals surface area (Å²) in [5.41, 5.74) is 2.47. The summed E-state index contributed by atoms with van der Waals surface area (Å²) in [6, 6.07) is 16.9. The van der Waals surface area contributed by atoms with E-state index in [1.807, 2.05) is 24.3 Å². The Labute approximate surface area is 206 Å². The van der Waals surface area contributed by atoms with E-state index in [1.54, 1.807) is 44.5 Å². The van der Waals surface area contributed by atoms with Gasteiger partial charge in [-0.2, -0.15) is 0 Å². The predicted octanol–water partition coefficient (Wildman–Crippen LogP) is 5.17. The number of Topliss-reactive ketones (excluding diaryl/α,β-unsaturated/α-hetero) is 1. The number of nitrogens with zero attached hydrogens (tertiary/aromatic N) is 1. The van der Waals surface area contributed by atoms with E-state index in [9.17, 15) is 14.4 Å². The fraction of sp³-hybridized carbons (Fsp3) is 0.115. The fourth-order valence-electron chi connectivity index (χ4n) is 3.61. The van der Waals surface area contributed by atoms with Gasteiger partial charge in [0.2, 0.25) is 5.78 Å². The smallest absolute Gasteiger partial charge is 0.262 e. The second kappa shape index (κ2) is 9.71. The van der Waals surface area contributed by atoms with Crippen molar-refractivity contribution in [2.45, 2.75) is 6.54 Å². The van der Waals surface area contributed by atoms with E-state index >= 15 is 0 Å². The van der Waals surface area contributed by atoms with Crippen LogP contribution in [-0.2, 0) is 11.3 Å². The molecule has 0 aromatic heterocycles. The lowest BCUT2D eigenvalue weighted by atomic mass is 9.92. The van der Waals surface area contributed by atoms with E-state index in [2.05, 4.69) is 5.32 Å². The molecule has 0 unspecified atom stereocenters. The summed E-state index contributed by atoms with van der Waals surface area (Å²) in [7, 11) is 3.17. The van der Waals surface area contributed by atoms with Crippen LogP contribution in [0.2, 0.25) is 10.0 Å². The minimum atomic E-state index is -0.464. The summed E-state index contributed by atoms with van der Waals surface area (Å²) in [6.45, 7) is 0.314. The first-order valence-corrected chi connectivity index (χ1v) is 11.1. The predicted molar refractivity (Wildman–Crippen MR) is 133 cm³/mol. The molecule has 3 aromatic carbocycles. The van der Waals surface area contributed by atoms with Crippen molar-refractivity contribution in [2.24, 2.45) is 0 Å². The number of hydrogen-bond acceptors (Lipinski definition) is 4. The maximum Gasteiger partial charge on any atom is 0.262 e. The first-order valence-electron chi connectivity index (χ1n) is 10.3. The molecule has 34 heavy (non-hydrogen) atoms. The van der Waals surface area contributed by atoms with Gasteiger partial charge in [0.15, 0.2) is 0 Å². The summed E-state index contributed by atoms with van der Waals surface area (Å²) < 4.78 is 5.14. The number of nitrogens with one attached hydrogen (secondary N) is 1. The monoisotopic (exact) mass is 494 g/mol. The summed E-state index contributed by atoms with van der Waals surface area (Å²) in [5, 5.41) is 3.53. The lowest BCUT2D eigenvalue weighted by Crippen LogP contribution is -2.37.